The molecule has 20 nitrogen and oxygen atoms in total. The summed E-state index contributed by atoms with van der Waals surface area (Å²) in [5.41, 5.74) is 2.75. The van der Waals surface area contributed by atoms with E-state index in [1.807, 2.05) is 0 Å². The number of carbonyl (C=O) groups excluding carboxylic acids is 3. The van der Waals surface area contributed by atoms with E-state index in [2.05, 4.69) is 31.0 Å². The molecular formula is C30H32ClN9O11S3. The minimum absolute atomic E-state index is 0.00237. The van der Waals surface area contributed by atoms with Crippen LogP contribution in [0.2, 0.25) is 5.02 Å². The van der Waals surface area contributed by atoms with Crippen LogP contribution in [0, 0.1) is 0 Å². The number of rotatable bonds is 13. The van der Waals surface area contributed by atoms with E-state index < -0.39 is 81.0 Å². The smallest absolute Gasteiger partial charge is 0.353 e. The maximum Gasteiger partial charge on any atom is 0.353 e. The molecule has 2 atom stereocenters. The highest BCUT2D eigenvalue weighted by atomic mass is 35.5. The number of nitrogen functional groups attached to an aromatic ring is 1. The molecule has 24 heteroatoms. The molecule has 3 aromatic rings. The van der Waals surface area contributed by atoms with Gasteiger partial charge in [0.15, 0.2) is 22.3 Å². The molecule has 2 amide bonds. The molecule has 1 saturated heterocycles. The van der Waals surface area contributed by atoms with Crippen molar-refractivity contribution in [1.29, 1.82) is 0 Å². The van der Waals surface area contributed by atoms with Crippen molar-refractivity contribution < 1.29 is 54.0 Å². The molecular weight excluding hydrogens is 794 g/mol. The molecule has 0 aliphatic carbocycles. The standard InChI is InChI=1S/C30H32ClN9O11S3/c1-29(2,3)50-26(49)30(4,5)51-36-18(13-10-53-27(32)33-13)22(45)34-19-23(46)39-20(25(47)48)11(8-52-24(19)39)9-54-28-35-37-38-40(28)14-7-15(41)21(44)17(31)12(14)6-16(42)43/h7,10,19,24,41,44H,6,8-9H2,1-5H3,(H2,32,33)(H,34,45)(H,42,43)(H,47,48)/t19?,24-/m0/s1. The Bertz CT molecular complexity index is 2110. The lowest BCUT2D eigenvalue weighted by Crippen LogP contribution is -2.71. The van der Waals surface area contributed by atoms with Gasteiger partial charge in [-0.3, -0.25) is 19.3 Å². The third-order valence-corrected chi connectivity index (χ3v) is 10.9. The number of benzene rings is 1. The van der Waals surface area contributed by atoms with Gasteiger partial charge in [-0.25, -0.2) is 14.6 Å². The zero-order valence-corrected chi connectivity index (χ0v) is 32.1. The fourth-order valence-corrected chi connectivity index (χ4v) is 8.11. The molecule has 0 saturated carbocycles. The first kappa shape index (κ1) is 40.1. The number of phenols is 2. The number of nitrogens with two attached hydrogens (primary N) is 1. The van der Waals surface area contributed by atoms with Gasteiger partial charge in [-0.2, -0.15) is 4.68 Å². The lowest BCUT2D eigenvalue weighted by Gasteiger charge is -2.49. The number of aliphatic carboxylic acids is 2. The zero-order valence-electron chi connectivity index (χ0n) is 28.9. The van der Waals surface area contributed by atoms with Crippen molar-refractivity contribution in [2.45, 2.75) is 68.8 Å². The summed E-state index contributed by atoms with van der Waals surface area (Å²) in [6, 6.07) is -0.151. The number of thioether (sulfide) groups is 2. The Balaban J connectivity index is 1.35. The van der Waals surface area contributed by atoms with Gasteiger partial charge in [-0.15, -0.1) is 28.2 Å². The van der Waals surface area contributed by atoms with Crippen LogP contribution in [0.4, 0.5) is 5.13 Å². The number of fused-ring (bicyclic) bond motifs is 1. The predicted molar refractivity (Wildman–Crippen MR) is 193 cm³/mol. The summed E-state index contributed by atoms with van der Waals surface area (Å²) in [4.78, 5) is 74.4. The van der Waals surface area contributed by atoms with E-state index in [-0.39, 0.29) is 44.4 Å². The fourth-order valence-electron chi connectivity index (χ4n) is 4.94. The highest BCUT2D eigenvalue weighted by molar-refractivity contribution is 8.01. The largest absolute Gasteiger partial charge is 0.504 e. The Kier molecular flexibility index (Phi) is 11.4. The molecule has 1 aromatic carbocycles. The van der Waals surface area contributed by atoms with Crippen LogP contribution in [0.5, 0.6) is 11.5 Å². The number of ether oxygens (including phenoxy) is 1. The highest BCUT2D eigenvalue weighted by Gasteiger charge is 2.54. The second-order valence-corrected chi connectivity index (χ2v) is 16.3. The average Bonchev–Trinajstić information content (AvgIpc) is 3.73. The van der Waals surface area contributed by atoms with E-state index in [9.17, 15) is 44.4 Å². The van der Waals surface area contributed by atoms with E-state index in [1.165, 1.54) is 31.0 Å². The number of aromatic nitrogens is 5. The summed E-state index contributed by atoms with van der Waals surface area (Å²) in [7, 11) is 0. The summed E-state index contributed by atoms with van der Waals surface area (Å²) >= 11 is 9.27. The molecule has 0 bridgehead atoms. The van der Waals surface area contributed by atoms with E-state index >= 15 is 0 Å². The summed E-state index contributed by atoms with van der Waals surface area (Å²) in [6.07, 6.45) is -0.657. The van der Waals surface area contributed by atoms with Crippen molar-refractivity contribution in [3.05, 3.63) is 39.0 Å². The molecule has 288 valence electrons. The van der Waals surface area contributed by atoms with Gasteiger partial charge in [-0.1, -0.05) is 28.5 Å². The minimum atomic E-state index is -1.64. The number of halogens is 1. The second kappa shape index (κ2) is 15.3. The van der Waals surface area contributed by atoms with Crippen LogP contribution in [-0.4, -0.2) is 120 Å². The second-order valence-electron chi connectivity index (χ2n) is 13.0. The molecule has 4 heterocycles. The van der Waals surface area contributed by atoms with Crippen molar-refractivity contribution in [1.82, 2.24) is 35.4 Å². The van der Waals surface area contributed by atoms with Crippen molar-refractivity contribution in [3.8, 4) is 17.2 Å². The molecule has 2 aliphatic rings. The van der Waals surface area contributed by atoms with E-state index in [0.717, 1.165) is 38.7 Å². The predicted octanol–water partition coefficient (Wildman–Crippen LogP) is 1.76. The van der Waals surface area contributed by atoms with Gasteiger partial charge < -0.3 is 41.1 Å². The number of carboxylic acids is 2. The number of anilines is 1. The number of carbonyl (C=O) groups is 5. The SMILES string of the molecule is CC(C)(C)OC(=O)C(C)(C)ON=C(C(=O)NC1C(=O)N2C(C(=O)O)=C(CSc3nnnn3-c3cc(O)c(O)c(Cl)c3CC(=O)O)CS[C@@H]12)c1csc(N)n1. The summed E-state index contributed by atoms with van der Waals surface area (Å²) in [6.45, 7) is 7.80. The van der Waals surface area contributed by atoms with E-state index in [1.54, 1.807) is 20.8 Å². The normalized spacial score (nSPS) is 17.5. The van der Waals surface area contributed by atoms with E-state index in [4.69, 9.17) is 26.9 Å². The molecule has 5 rings (SSSR count). The Labute approximate surface area is 322 Å². The fraction of sp³-hybridized carbons (Fsp3) is 0.400. The van der Waals surface area contributed by atoms with Gasteiger partial charge in [0.25, 0.3) is 11.8 Å². The van der Waals surface area contributed by atoms with Gasteiger partial charge in [-0.05, 0) is 50.6 Å². The first-order valence-electron chi connectivity index (χ1n) is 15.5. The first-order valence-corrected chi connectivity index (χ1v) is 18.8. The Morgan fingerprint density at radius 3 is 2.50 bits per heavy atom. The van der Waals surface area contributed by atoms with Crippen LogP contribution in [0.1, 0.15) is 45.9 Å². The molecule has 1 unspecified atom stereocenters. The number of thiazole rings is 1. The first-order chi connectivity index (χ1) is 25.2. The van der Waals surface area contributed by atoms with Crippen LogP contribution in [0.15, 0.2) is 33.0 Å². The number of hydrogen-bond acceptors (Lipinski definition) is 18. The number of β-lactam (4-membered cyclic amide) rings is 1. The Hall–Kier alpha value is -5.13. The number of carboxylic acid groups (broad SMARTS) is 2. The highest BCUT2D eigenvalue weighted by Crippen LogP contribution is 2.43. The number of phenolic OH excluding ortho intramolecular Hbond substituents is 2. The molecule has 0 spiro atoms. The zero-order chi connectivity index (χ0) is 39.9. The number of oxime groups is 1. The lowest BCUT2D eigenvalue weighted by molar-refractivity contribution is -0.179. The van der Waals surface area contributed by atoms with Crippen molar-refractivity contribution in [2.75, 3.05) is 17.2 Å². The number of nitrogens with one attached hydrogen (secondary N) is 1. The van der Waals surface area contributed by atoms with Gasteiger partial charge in [0.1, 0.15) is 28.4 Å². The Morgan fingerprint density at radius 2 is 1.89 bits per heavy atom. The number of amides is 2. The van der Waals surface area contributed by atoms with Gasteiger partial charge in [0.05, 0.1) is 17.1 Å². The quantitative estimate of drug-likeness (QED) is 0.0357. The van der Waals surface area contributed by atoms with E-state index in [0.29, 0.717) is 5.57 Å². The van der Waals surface area contributed by atoms with Crippen molar-refractivity contribution in [2.24, 2.45) is 5.16 Å². The molecule has 2 aromatic heterocycles. The van der Waals surface area contributed by atoms with Gasteiger partial charge in [0.2, 0.25) is 10.8 Å². The number of aromatic hydroxyl groups is 2. The third-order valence-electron chi connectivity index (χ3n) is 7.44. The summed E-state index contributed by atoms with van der Waals surface area (Å²) in [5, 5.41) is 58.0. The van der Waals surface area contributed by atoms with Gasteiger partial charge >= 0.3 is 17.9 Å². The molecule has 7 N–H and O–H groups in total. The van der Waals surface area contributed by atoms with Crippen LogP contribution < -0.4 is 11.1 Å². The molecule has 1 fully saturated rings. The van der Waals surface area contributed by atoms with Crippen molar-refractivity contribution in [3.63, 3.8) is 0 Å². The molecule has 54 heavy (non-hydrogen) atoms. The maximum absolute atomic E-state index is 13.6. The number of esters is 1. The number of nitrogens with zero attached hydrogens (tertiary/aromatic N) is 7. The summed E-state index contributed by atoms with van der Waals surface area (Å²) < 4.78 is 6.45. The monoisotopic (exact) mass is 825 g/mol. The minimum Gasteiger partial charge on any atom is -0.504 e. The lowest BCUT2D eigenvalue weighted by atomic mass is 10.0. The Morgan fingerprint density at radius 1 is 1.19 bits per heavy atom. The van der Waals surface area contributed by atoms with Gasteiger partial charge in [0, 0.05) is 28.5 Å². The molecule has 0 radical (unpaired) electrons. The maximum atomic E-state index is 13.6. The molecule has 2 aliphatic heterocycles. The number of hydrogen-bond donors (Lipinski definition) is 6. The number of tetrazole rings is 1. The van der Waals surface area contributed by atoms with Crippen LogP contribution in [-0.2, 0) is 40.0 Å². The van der Waals surface area contributed by atoms with Crippen LogP contribution >= 0.6 is 46.5 Å². The third kappa shape index (κ3) is 8.32. The summed E-state index contributed by atoms with van der Waals surface area (Å²) in [5.74, 6) is -6.45. The van der Waals surface area contributed by atoms with Crippen molar-refractivity contribution >= 4 is 87.0 Å². The van der Waals surface area contributed by atoms with Crippen LogP contribution in [0.3, 0.4) is 0 Å². The van der Waals surface area contributed by atoms with Crippen LogP contribution in [0.25, 0.3) is 5.69 Å². The topological polar surface area (TPSA) is 295 Å². The average molecular weight is 826 g/mol.